The van der Waals surface area contributed by atoms with Crippen LogP contribution >= 0.6 is 11.8 Å². The van der Waals surface area contributed by atoms with Crippen molar-refractivity contribution in [3.63, 3.8) is 0 Å². The molecule has 0 saturated heterocycles. The standard InChI is InChI=1S/C11H21NO3S/c1-2-15-11(14)8(12)6-7-16-10-5-3-4-9(10)13/h8-10,13H,2-7,12H2,1H3. The number of esters is 1. The Morgan fingerprint density at radius 1 is 1.62 bits per heavy atom. The van der Waals surface area contributed by atoms with Gasteiger partial charge in [0.2, 0.25) is 0 Å². The fourth-order valence-electron chi connectivity index (χ4n) is 1.81. The van der Waals surface area contributed by atoms with Crippen LogP contribution in [0.25, 0.3) is 0 Å². The summed E-state index contributed by atoms with van der Waals surface area (Å²) in [5, 5.41) is 9.93. The van der Waals surface area contributed by atoms with Crippen LogP contribution in [-0.4, -0.2) is 40.8 Å². The van der Waals surface area contributed by atoms with Crippen LogP contribution in [0, 0.1) is 0 Å². The average molecular weight is 247 g/mol. The second-order valence-electron chi connectivity index (χ2n) is 4.05. The van der Waals surface area contributed by atoms with Gasteiger partial charge in [-0.3, -0.25) is 4.79 Å². The predicted octanol–water partition coefficient (Wildman–Crippen LogP) is 0.913. The second kappa shape index (κ2) is 7.14. The maximum atomic E-state index is 11.2. The topological polar surface area (TPSA) is 72.5 Å². The number of nitrogens with two attached hydrogens (primary N) is 1. The van der Waals surface area contributed by atoms with Gasteiger partial charge in [-0.15, -0.1) is 0 Å². The molecule has 1 fully saturated rings. The molecule has 1 aliphatic carbocycles. The zero-order chi connectivity index (χ0) is 12.0. The largest absolute Gasteiger partial charge is 0.465 e. The normalized spacial score (nSPS) is 26.7. The van der Waals surface area contributed by atoms with Crippen LogP contribution in [0.4, 0.5) is 0 Å². The van der Waals surface area contributed by atoms with Crippen molar-refractivity contribution >= 4 is 17.7 Å². The van der Waals surface area contributed by atoms with Crippen molar-refractivity contribution in [1.29, 1.82) is 0 Å². The molecule has 0 bridgehead atoms. The first-order chi connectivity index (χ1) is 7.65. The minimum atomic E-state index is -0.522. The summed E-state index contributed by atoms with van der Waals surface area (Å²) in [4.78, 5) is 11.2. The van der Waals surface area contributed by atoms with Gasteiger partial charge in [0, 0.05) is 5.25 Å². The predicted molar refractivity (Wildman–Crippen MR) is 65.3 cm³/mol. The Hall–Kier alpha value is -0.260. The van der Waals surface area contributed by atoms with Gasteiger partial charge in [0.25, 0.3) is 0 Å². The Morgan fingerprint density at radius 2 is 2.38 bits per heavy atom. The smallest absolute Gasteiger partial charge is 0.322 e. The molecule has 0 amide bonds. The molecule has 0 spiro atoms. The van der Waals surface area contributed by atoms with E-state index in [0.29, 0.717) is 18.3 Å². The summed E-state index contributed by atoms with van der Waals surface area (Å²) < 4.78 is 4.82. The summed E-state index contributed by atoms with van der Waals surface area (Å²) in [5.74, 6) is 0.483. The van der Waals surface area contributed by atoms with E-state index in [-0.39, 0.29) is 12.1 Å². The SMILES string of the molecule is CCOC(=O)C(N)CCSC1CCCC1O. The molecule has 1 aliphatic rings. The molecule has 0 radical (unpaired) electrons. The molecule has 3 N–H and O–H groups in total. The molecule has 3 unspecified atom stereocenters. The Kier molecular flexibility index (Phi) is 6.16. The number of hydrogen-bond donors (Lipinski definition) is 2. The van der Waals surface area contributed by atoms with Crippen LogP contribution in [-0.2, 0) is 9.53 Å². The van der Waals surface area contributed by atoms with Gasteiger partial charge in [0.15, 0.2) is 0 Å². The number of aliphatic hydroxyl groups is 1. The molecule has 3 atom stereocenters. The Bertz CT molecular complexity index is 225. The molecule has 0 aromatic carbocycles. The van der Waals surface area contributed by atoms with Crippen LogP contribution in [0.3, 0.4) is 0 Å². The van der Waals surface area contributed by atoms with Gasteiger partial charge in [-0.05, 0) is 38.4 Å². The summed E-state index contributed by atoms with van der Waals surface area (Å²) in [6, 6.07) is -0.522. The highest BCUT2D eigenvalue weighted by Crippen LogP contribution is 2.30. The van der Waals surface area contributed by atoms with Crippen molar-refractivity contribution in [3.05, 3.63) is 0 Å². The molecule has 1 saturated carbocycles. The maximum Gasteiger partial charge on any atom is 0.322 e. The van der Waals surface area contributed by atoms with Gasteiger partial charge in [0.05, 0.1) is 12.7 Å². The first-order valence-electron chi connectivity index (χ1n) is 5.87. The first-order valence-corrected chi connectivity index (χ1v) is 6.92. The van der Waals surface area contributed by atoms with E-state index in [2.05, 4.69) is 0 Å². The van der Waals surface area contributed by atoms with Crippen LogP contribution in [0.15, 0.2) is 0 Å². The fourth-order valence-corrected chi connectivity index (χ4v) is 3.20. The number of thioether (sulfide) groups is 1. The quantitative estimate of drug-likeness (QED) is 0.683. The molecule has 1 rings (SSSR count). The van der Waals surface area contributed by atoms with Crippen LogP contribution in [0.5, 0.6) is 0 Å². The highest BCUT2D eigenvalue weighted by molar-refractivity contribution is 7.99. The molecule has 0 aromatic heterocycles. The summed E-state index contributed by atoms with van der Waals surface area (Å²) >= 11 is 1.72. The van der Waals surface area contributed by atoms with Gasteiger partial charge in [0.1, 0.15) is 6.04 Å². The first kappa shape index (κ1) is 13.8. The van der Waals surface area contributed by atoms with Crippen molar-refractivity contribution in [2.24, 2.45) is 5.73 Å². The zero-order valence-electron chi connectivity index (χ0n) is 9.72. The van der Waals surface area contributed by atoms with Crippen molar-refractivity contribution in [3.8, 4) is 0 Å². The number of rotatable bonds is 6. The number of hydrogen-bond acceptors (Lipinski definition) is 5. The third kappa shape index (κ3) is 4.31. The molecule has 0 aromatic rings. The molecule has 16 heavy (non-hydrogen) atoms. The monoisotopic (exact) mass is 247 g/mol. The Labute approximate surface area is 101 Å². The summed E-state index contributed by atoms with van der Waals surface area (Å²) in [6.45, 7) is 2.15. The van der Waals surface area contributed by atoms with E-state index < -0.39 is 6.04 Å². The average Bonchev–Trinajstić information content (AvgIpc) is 2.65. The maximum absolute atomic E-state index is 11.2. The summed E-state index contributed by atoms with van der Waals surface area (Å²) in [6.07, 6.45) is 3.52. The molecule has 5 heteroatoms. The summed E-state index contributed by atoms with van der Waals surface area (Å²) in [7, 11) is 0. The van der Waals surface area contributed by atoms with E-state index in [1.54, 1.807) is 18.7 Å². The third-order valence-electron chi connectivity index (χ3n) is 2.77. The van der Waals surface area contributed by atoms with Gasteiger partial charge < -0.3 is 15.6 Å². The number of aliphatic hydroxyl groups excluding tert-OH is 1. The van der Waals surface area contributed by atoms with Crippen LogP contribution in [0.1, 0.15) is 32.6 Å². The number of ether oxygens (including phenoxy) is 1. The van der Waals surface area contributed by atoms with E-state index in [9.17, 15) is 9.90 Å². The minimum Gasteiger partial charge on any atom is -0.465 e. The third-order valence-corrected chi connectivity index (χ3v) is 4.22. The van der Waals surface area contributed by atoms with E-state index in [1.807, 2.05) is 0 Å². The van der Waals surface area contributed by atoms with Crippen molar-refractivity contribution in [2.75, 3.05) is 12.4 Å². The molecular weight excluding hydrogens is 226 g/mol. The Balaban J connectivity index is 2.12. The highest BCUT2D eigenvalue weighted by atomic mass is 32.2. The van der Waals surface area contributed by atoms with Gasteiger partial charge in [-0.1, -0.05) is 0 Å². The van der Waals surface area contributed by atoms with E-state index in [1.165, 1.54) is 0 Å². The zero-order valence-corrected chi connectivity index (χ0v) is 10.5. The van der Waals surface area contributed by atoms with Crippen molar-refractivity contribution < 1.29 is 14.6 Å². The molecule has 0 aliphatic heterocycles. The van der Waals surface area contributed by atoms with Gasteiger partial charge >= 0.3 is 5.97 Å². The number of carbonyl (C=O) groups is 1. The van der Waals surface area contributed by atoms with Crippen LogP contribution in [0.2, 0.25) is 0 Å². The van der Waals surface area contributed by atoms with Gasteiger partial charge in [-0.25, -0.2) is 0 Å². The lowest BCUT2D eigenvalue weighted by Gasteiger charge is -2.15. The van der Waals surface area contributed by atoms with E-state index in [4.69, 9.17) is 10.5 Å². The second-order valence-corrected chi connectivity index (χ2v) is 5.40. The highest BCUT2D eigenvalue weighted by Gasteiger charge is 2.25. The Morgan fingerprint density at radius 3 is 2.94 bits per heavy atom. The van der Waals surface area contributed by atoms with Crippen molar-refractivity contribution in [1.82, 2.24) is 0 Å². The minimum absolute atomic E-state index is 0.177. The van der Waals surface area contributed by atoms with Crippen molar-refractivity contribution in [2.45, 2.75) is 50.0 Å². The summed E-state index contributed by atoms with van der Waals surface area (Å²) in [5.41, 5.74) is 5.67. The number of carbonyl (C=O) groups excluding carboxylic acids is 1. The lowest BCUT2D eigenvalue weighted by atomic mass is 10.2. The lowest BCUT2D eigenvalue weighted by molar-refractivity contribution is -0.144. The van der Waals surface area contributed by atoms with E-state index in [0.717, 1.165) is 25.0 Å². The fraction of sp³-hybridized carbons (Fsp3) is 0.909. The molecule has 0 heterocycles. The van der Waals surface area contributed by atoms with Crippen LogP contribution < -0.4 is 5.73 Å². The molecular formula is C11H21NO3S. The lowest BCUT2D eigenvalue weighted by Crippen LogP contribution is -2.33. The molecule has 94 valence electrons. The van der Waals surface area contributed by atoms with Gasteiger partial charge in [-0.2, -0.15) is 11.8 Å². The van der Waals surface area contributed by atoms with E-state index >= 15 is 0 Å². The molecule has 4 nitrogen and oxygen atoms in total.